The summed E-state index contributed by atoms with van der Waals surface area (Å²) in [5, 5.41) is 4.25. The van der Waals surface area contributed by atoms with Gasteiger partial charge < -0.3 is 5.32 Å². The van der Waals surface area contributed by atoms with E-state index >= 15 is 0 Å². The van der Waals surface area contributed by atoms with E-state index in [2.05, 4.69) is 27.3 Å². The molecule has 1 aliphatic heterocycles. The molecule has 78 valence electrons. The van der Waals surface area contributed by atoms with Crippen LogP contribution >= 0.6 is 39.9 Å². The Balaban J connectivity index is 0.000000980. The lowest BCUT2D eigenvalue weighted by Crippen LogP contribution is -2.12. The molecule has 0 amide bonds. The molecular weight excluding hydrogens is 285 g/mol. The fourth-order valence-corrected chi connectivity index (χ4v) is 2.63. The molecule has 1 unspecified atom stereocenters. The van der Waals surface area contributed by atoms with Crippen LogP contribution in [0.4, 0.5) is 0 Å². The molecule has 0 aromatic heterocycles. The molecule has 1 saturated heterocycles. The molecule has 1 fully saturated rings. The van der Waals surface area contributed by atoms with Gasteiger partial charge >= 0.3 is 0 Å². The number of hydrogen-bond acceptors (Lipinski definition) is 1. The maximum Gasteiger partial charge on any atom is 0.0420 e. The molecule has 1 aliphatic rings. The summed E-state index contributed by atoms with van der Waals surface area (Å²) in [5.41, 5.74) is 1.29. The Kier molecular flexibility index (Phi) is 4.71. The van der Waals surface area contributed by atoms with Crippen LogP contribution in [0.5, 0.6) is 0 Å². The zero-order chi connectivity index (χ0) is 9.26. The van der Waals surface area contributed by atoms with Gasteiger partial charge in [0.2, 0.25) is 0 Å². The maximum atomic E-state index is 5.97. The van der Waals surface area contributed by atoms with Crippen molar-refractivity contribution in [3.63, 3.8) is 0 Å². The standard InChI is InChI=1S/C10H11BrClN.ClH/c11-8-4-7(5-9(12)6-8)10-2-1-3-13-10;/h4-6,10,13H,1-3H2;1H. The topological polar surface area (TPSA) is 12.0 Å². The summed E-state index contributed by atoms with van der Waals surface area (Å²) in [5.74, 6) is 0. The van der Waals surface area contributed by atoms with E-state index in [1.54, 1.807) is 0 Å². The first kappa shape index (κ1) is 12.3. The highest BCUT2D eigenvalue weighted by atomic mass is 79.9. The zero-order valence-corrected chi connectivity index (χ0v) is 10.8. The highest BCUT2D eigenvalue weighted by Crippen LogP contribution is 2.28. The Morgan fingerprint density at radius 3 is 2.71 bits per heavy atom. The van der Waals surface area contributed by atoms with Crippen molar-refractivity contribution in [1.29, 1.82) is 0 Å². The van der Waals surface area contributed by atoms with E-state index in [0.717, 1.165) is 16.0 Å². The predicted octanol–water partition coefficient (Wildman–Crippen LogP) is 3.95. The fraction of sp³-hybridized carbons (Fsp3) is 0.400. The number of rotatable bonds is 1. The number of benzene rings is 1. The van der Waals surface area contributed by atoms with Gasteiger partial charge in [-0.25, -0.2) is 0 Å². The maximum absolute atomic E-state index is 5.97. The van der Waals surface area contributed by atoms with Crippen LogP contribution in [-0.2, 0) is 0 Å². The van der Waals surface area contributed by atoms with Gasteiger partial charge in [-0.15, -0.1) is 12.4 Å². The Hall–Kier alpha value is 0.240. The Morgan fingerprint density at radius 2 is 2.14 bits per heavy atom. The summed E-state index contributed by atoms with van der Waals surface area (Å²) < 4.78 is 1.06. The summed E-state index contributed by atoms with van der Waals surface area (Å²) in [7, 11) is 0. The minimum absolute atomic E-state index is 0. The van der Waals surface area contributed by atoms with Crippen LogP contribution in [0.2, 0.25) is 5.02 Å². The first-order valence-electron chi connectivity index (χ1n) is 4.45. The van der Waals surface area contributed by atoms with E-state index < -0.39 is 0 Å². The Labute approximate surface area is 104 Å². The lowest BCUT2D eigenvalue weighted by molar-refractivity contribution is 0.647. The largest absolute Gasteiger partial charge is 0.310 e. The van der Waals surface area contributed by atoms with Crippen molar-refractivity contribution in [2.45, 2.75) is 18.9 Å². The van der Waals surface area contributed by atoms with Crippen molar-refractivity contribution in [2.24, 2.45) is 0 Å². The lowest BCUT2D eigenvalue weighted by Gasteiger charge is -2.11. The first-order valence-corrected chi connectivity index (χ1v) is 5.62. The molecule has 0 bridgehead atoms. The second kappa shape index (κ2) is 5.36. The molecule has 0 saturated carbocycles. The van der Waals surface area contributed by atoms with Crippen LogP contribution in [0, 0.1) is 0 Å². The lowest BCUT2D eigenvalue weighted by atomic mass is 10.1. The summed E-state index contributed by atoms with van der Waals surface area (Å²) in [6.07, 6.45) is 2.47. The van der Waals surface area contributed by atoms with Gasteiger partial charge in [0.1, 0.15) is 0 Å². The summed E-state index contributed by atoms with van der Waals surface area (Å²) in [6.45, 7) is 1.12. The van der Waals surface area contributed by atoms with Crippen molar-refractivity contribution in [1.82, 2.24) is 5.32 Å². The molecule has 1 nitrogen and oxygen atoms in total. The normalized spacial score (nSPS) is 20.6. The van der Waals surface area contributed by atoms with Crippen molar-refractivity contribution in [3.8, 4) is 0 Å². The molecule has 2 rings (SSSR count). The Bertz CT molecular complexity index is 291. The van der Waals surface area contributed by atoms with Crippen molar-refractivity contribution in [2.75, 3.05) is 6.54 Å². The highest BCUT2D eigenvalue weighted by molar-refractivity contribution is 9.10. The van der Waals surface area contributed by atoms with Crippen LogP contribution in [0.3, 0.4) is 0 Å². The van der Waals surface area contributed by atoms with Crippen LogP contribution < -0.4 is 5.32 Å². The third-order valence-corrected chi connectivity index (χ3v) is 3.02. The van der Waals surface area contributed by atoms with E-state index in [-0.39, 0.29) is 12.4 Å². The minimum Gasteiger partial charge on any atom is -0.310 e. The molecule has 1 aromatic rings. The molecule has 1 N–H and O–H groups in total. The van der Waals surface area contributed by atoms with Crippen molar-refractivity contribution in [3.05, 3.63) is 33.3 Å². The number of hydrogen-bond donors (Lipinski definition) is 1. The third kappa shape index (κ3) is 2.86. The average Bonchev–Trinajstić information content (AvgIpc) is 2.53. The van der Waals surface area contributed by atoms with Crippen molar-refractivity contribution >= 4 is 39.9 Å². The average molecular weight is 297 g/mol. The van der Waals surface area contributed by atoms with E-state index in [1.807, 2.05) is 12.1 Å². The molecule has 0 aliphatic carbocycles. The second-order valence-corrected chi connectivity index (χ2v) is 4.70. The van der Waals surface area contributed by atoms with Crippen LogP contribution in [-0.4, -0.2) is 6.54 Å². The van der Waals surface area contributed by atoms with Gasteiger partial charge in [0, 0.05) is 15.5 Å². The van der Waals surface area contributed by atoms with Crippen LogP contribution in [0.25, 0.3) is 0 Å². The summed E-state index contributed by atoms with van der Waals surface area (Å²) in [6, 6.07) is 6.58. The summed E-state index contributed by atoms with van der Waals surface area (Å²) in [4.78, 5) is 0. The molecular formula is C10H12BrCl2N. The number of halogens is 3. The van der Waals surface area contributed by atoms with Crippen molar-refractivity contribution < 1.29 is 0 Å². The van der Waals surface area contributed by atoms with Crippen LogP contribution in [0.1, 0.15) is 24.4 Å². The predicted molar refractivity (Wildman–Crippen MR) is 66.4 cm³/mol. The quantitative estimate of drug-likeness (QED) is 0.827. The Morgan fingerprint density at radius 1 is 1.36 bits per heavy atom. The van der Waals surface area contributed by atoms with Gasteiger partial charge in [-0.05, 0) is 43.1 Å². The second-order valence-electron chi connectivity index (χ2n) is 3.35. The molecule has 1 heterocycles. The molecule has 1 aromatic carbocycles. The van der Waals surface area contributed by atoms with Gasteiger partial charge in [-0.1, -0.05) is 27.5 Å². The first-order chi connectivity index (χ1) is 6.25. The van der Waals surface area contributed by atoms with E-state index in [1.165, 1.54) is 18.4 Å². The van der Waals surface area contributed by atoms with Crippen LogP contribution in [0.15, 0.2) is 22.7 Å². The number of nitrogens with one attached hydrogen (secondary N) is 1. The smallest absolute Gasteiger partial charge is 0.0420 e. The molecule has 1 atom stereocenters. The van der Waals surface area contributed by atoms with Gasteiger partial charge in [-0.3, -0.25) is 0 Å². The third-order valence-electron chi connectivity index (χ3n) is 2.35. The monoisotopic (exact) mass is 295 g/mol. The van der Waals surface area contributed by atoms with E-state index in [4.69, 9.17) is 11.6 Å². The van der Waals surface area contributed by atoms with Gasteiger partial charge in [0.05, 0.1) is 0 Å². The van der Waals surface area contributed by atoms with Gasteiger partial charge in [-0.2, -0.15) is 0 Å². The summed E-state index contributed by atoms with van der Waals surface area (Å²) >= 11 is 9.42. The molecule has 4 heteroatoms. The van der Waals surface area contributed by atoms with E-state index in [9.17, 15) is 0 Å². The van der Waals surface area contributed by atoms with Gasteiger partial charge in [0.15, 0.2) is 0 Å². The highest BCUT2D eigenvalue weighted by Gasteiger charge is 2.16. The zero-order valence-electron chi connectivity index (χ0n) is 7.59. The molecule has 0 spiro atoms. The minimum atomic E-state index is 0. The van der Waals surface area contributed by atoms with Gasteiger partial charge in [0.25, 0.3) is 0 Å². The van der Waals surface area contributed by atoms with E-state index in [0.29, 0.717) is 6.04 Å². The molecule has 0 radical (unpaired) electrons. The molecule has 14 heavy (non-hydrogen) atoms. The SMILES string of the molecule is Cl.Clc1cc(Br)cc(C2CCCN2)c1. The fourth-order valence-electron chi connectivity index (χ4n) is 1.75.